The molecule has 4 heterocycles. The summed E-state index contributed by atoms with van der Waals surface area (Å²) < 4.78 is 27.6. The van der Waals surface area contributed by atoms with Crippen molar-refractivity contribution in [1.82, 2.24) is 20.1 Å². The van der Waals surface area contributed by atoms with Crippen molar-refractivity contribution in [3.8, 4) is 0 Å². The third-order valence-electron chi connectivity index (χ3n) is 6.67. The zero-order valence-electron chi connectivity index (χ0n) is 18.0. The van der Waals surface area contributed by atoms with E-state index in [2.05, 4.69) is 33.4 Å². The third-order valence-corrected chi connectivity index (χ3v) is 7.24. The van der Waals surface area contributed by atoms with Gasteiger partial charge in [-0.15, -0.1) is 0 Å². The predicted octanol–water partition coefficient (Wildman–Crippen LogP) is 2.23. The number of piperidine rings is 1. The van der Waals surface area contributed by atoms with Crippen LogP contribution < -0.4 is 10.2 Å². The number of aromatic nitrogens is 1. The van der Waals surface area contributed by atoms with Gasteiger partial charge in [-0.1, -0.05) is 18.2 Å². The molecule has 1 aromatic heterocycles. The van der Waals surface area contributed by atoms with Crippen LogP contribution in [0.25, 0.3) is 0 Å². The molecule has 2 atom stereocenters. The van der Waals surface area contributed by atoms with Crippen LogP contribution in [0.5, 0.6) is 0 Å². The minimum atomic E-state index is -0.898. The molecule has 2 fully saturated rings. The van der Waals surface area contributed by atoms with Crippen molar-refractivity contribution >= 4 is 30.3 Å². The Morgan fingerprint density at radius 1 is 1.12 bits per heavy atom. The fraction of sp³-hybridized carbons (Fsp3) is 0.435. The van der Waals surface area contributed by atoms with Crippen LogP contribution >= 0.6 is 12.6 Å². The summed E-state index contributed by atoms with van der Waals surface area (Å²) in [4.78, 5) is 33.9. The van der Waals surface area contributed by atoms with E-state index < -0.39 is 11.6 Å². The molecule has 0 spiro atoms. The molecule has 33 heavy (non-hydrogen) atoms. The van der Waals surface area contributed by atoms with E-state index in [1.165, 1.54) is 6.20 Å². The van der Waals surface area contributed by atoms with Crippen molar-refractivity contribution in [1.29, 1.82) is 0 Å². The van der Waals surface area contributed by atoms with E-state index in [1.54, 1.807) is 4.90 Å². The Morgan fingerprint density at radius 2 is 1.91 bits per heavy atom. The Hall–Kier alpha value is -2.56. The van der Waals surface area contributed by atoms with Crippen LogP contribution in [0.1, 0.15) is 34.9 Å². The number of halogens is 2. The first-order chi connectivity index (χ1) is 15.9. The van der Waals surface area contributed by atoms with Crippen molar-refractivity contribution in [2.24, 2.45) is 0 Å². The van der Waals surface area contributed by atoms with Crippen molar-refractivity contribution in [2.45, 2.75) is 37.3 Å². The monoisotopic (exact) mass is 473 g/mol. The second kappa shape index (κ2) is 9.00. The second-order valence-electron chi connectivity index (χ2n) is 8.74. The molecule has 10 heteroatoms. The third kappa shape index (κ3) is 4.34. The summed E-state index contributed by atoms with van der Waals surface area (Å²) in [7, 11) is 0. The Morgan fingerprint density at radius 3 is 2.67 bits per heavy atom. The predicted molar refractivity (Wildman–Crippen MR) is 122 cm³/mol. The number of benzene rings is 1. The highest BCUT2D eigenvalue weighted by Gasteiger charge is 2.39. The summed E-state index contributed by atoms with van der Waals surface area (Å²) in [5.41, 5.74) is 3.37. The number of fused-ring (bicyclic) bond motifs is 1. The maximum Gasteiger partial charge on any atom is 0.243 e. The number of rotatable bonds is 4. The van der Waals surface area contributed by atoms with E-state index >= 15 is 0 Å². The van der Waals surface area contributed by atoms with Crippen molar-refractivity contribution < 1.29 is 18.4 Å². The quantitative estimate of drug-likeness (QED) is 0.525. The molecule has 2 amide bonds. The maximum absolute atomic E-state index is 14.1. The summed E-state index contributed by atoms with van der Waals surface area (Å²) in [6.45, 7) is 3.91. The Balaban J connectivity index is 1.22. The molecule has 2 unspecified atom stereocenters. The molecule has 7 nitrogen and oxygen atoms in total. The average molecular weight is 474 g/mol. The lowest BCUT2D eigenvalue weighted by atomic mass is 10.0. The van der Waals surface area contributed by atoms with Gasteiger partial charge < -0.3 is 4.90 Å². The fourth-order valence-electron chi connectivity index (χ4n) is 4.87. The molecule has 174 valence electrons. The van der Waals surface area contributed by atoms with Crippen LogP contribution in [0.3, 0.4) is 0 Å². The number of thiol groups is 1. The number of hydrogen-bond donors (Lipinski definition) is 2. The highest BCUT2D eigenvalue weighted by atomic mass is 32.1. The Labute approximate surface area is 196 Å². The number of imide groups is 1. The van der Waals surface area contributed by atoms with Gasteiger partial charge in [-0.25, -0.2) is 9.37 Å². The van der Waals surface area contributed by atoms with Crippen LogP contribution in [0.4, 0.5) is 14.6 Å². The van der Waals surface area contributed by atoms with E-state index in [9.17, 15) is 18.4 Å². The van der Waals surface area contributed by atoms with Gasteiger partial charge in [0, 0.05) is 51.9 Å². The van der Waals surface area contributed by atoms with E-state index in [1.807, 2.05) is 4.90 Å². The highest BCUT2D eigenvalue weighted by molar-refractivity contribution is 7.80. The molecule has 2 saturated heterocycles. The van der Waals surface area contributed by atoms with Gasteiger partial charge >= 0.3 is 0 Å². The van der Waals surface area contributed by atoms with E-state index in [4.69, 9.17) is 12.6 Å². The smallest absolute Gasteiger partial charge is 0.243 e. The molecule has 3 aliphatic rings. The van der Waals surface area contributed by atoms with Crippen LogP contribution in [-0.2, 0) is 22.7 Å². The van der Waals surface area contributed by atoms with Gasteiger partial charge in [-0.05, 0) is 29.2 Å². The zero-order chi connectivity index (χ0) is 23.1. The Bertz CT molecular complexity index is 1090. The van der Waals surface area contributed by atoms with Gasteiger partial charge in [0.2, 0.25) is 17.6 Å². The van der Waals surface area contributed by atoms with Gasteiger partial charge in [0.15, 0.2) is 11.6 Å². The average Bonchev–Trinajstić information content (AvgIpc) is 3.12. The molecule has 2 aromatic rings. The van der Waals surface area contributed by atoms with Gasteiger partial charge in [0.25, 0.3) is 0 Å². The van der Waals surface area contributed by atoms with Crippen molar-refractivity contribution in [2.75, 3.05) is 31.1 Å². The van der Waals surface area contributed by atoms with E-state index in [0.717, 1.165) is 29.3 Å². The first-order valence-electron chi connectivity index (χ1n) is 11.1. The highest BCUT2D eigenvalue weighted by Crippen LogP contribution is 2.39. The lowest BCUT2D eigenvalue weighted by Crippen LogP contribution is -2.51. The lowest BCUT2D eigenvalue weighted by Gasteiger charge is -2.35. The minimum Gasteiger partial charge on any atom is -0.352 e. The molecule has 5 rings (SSSR count). The minimum absolute atomic E-state index is 0.0682. The molecule has 3 aliphatic heterocycles. The molecular formula is C23H25F2N5O2S. The lowest BCUT2D eigenvalue weighted by molar-refractivity contribution is -0.137. The largest absolute Gasteiger partial charge is 0.352 e. The molecule has 0 bridgehead atoms. The molecule has 1 N–H and O–H groups in total. The SMILES string of the molecule is O=C1CCC(N2Cc3ccc(CN4CCN(c5nccc(F)c5F)CC4)cc3C2S)C(=O)N1. The summed E-state index contributed by atoms with van der Waals surface area (Å²) in [6.07, 6.45) is 2.14. The topological polar surface area (TPSA) is 68.8 Å². The number of carbonyl (C=O) groups is 2. The van der Waals surface area contributed by atoms with Gasteiger partial charge in [0.05, 0.1) is 11.4 Å². The van der Waals surface area contributed by atoms with Crippen molar-refractivity contribution in [3.63, 3.8) is 0 Å². The summed E-state index contributed by atoms with van der Waals surface area (Å²) >= 11 is 4.79. The molecular weight excluding hydrogens is 448 g/mol. The number of pyridine rings is 1. The number of nitrogens with one attached hydrogen (secondary N) is 1. The molecule has 1 aromatic carbocycles. The van der Waals surface area contributed by atoms with Crippen LogP contribution in [-0.4, -0.2) is 58.8 Å². The summed E-state index contributed by atoms with van der Waals surface area (Å²) in [5.74, 6) is -2.18. The summed E-state index contributed by atoms with van der Waals surface area (Å²) in [6, 6.07) is 6.99. The zero-order valence-corrected chi connectivity index (χ0v) is 18.9. The van der Waals surface area contributed by atoms with Gasteiger partial charge in [-0.3, -0.25) is 24.7 Å². The second-order valence-corrected chi connectivity index (χ2v) is 9.23. The number of nitrogens with zero attached hydrogens (tertiary/aromatic N) is 4. The van der Waals surface area contributed by atoms with E-state index in [-0.39, 0.29) is 29.0 Å². The first kappa shape index (κ1) is 22.2. The normalized spacial score (nSPS) is 24.2. The first-order valence-corrected chi connectivity index (χ1v) is 11.6. The van der Waals surface area contributed by atoms with Gasteiger partial charge in [0.1, 0.15) is 0 Å². The van der Waals surface area contributed by atoms with Crippen LogP contribution in [0.2, 0.25) is 0 Å². The molecule has 0 saturated carbocycles. The number of hydrogen-bond acceptors (Lipinski definition) is 7. The molecule has 0 aliphatic carbocycles. The maximum atomic E-state index is 14.1. The van der Waals surface area contributed by atoms with Crippen LogP contribution in [0.15, 0.2) is 30.5 Å². The van der Waals surface area contributed by atoms with Crippen LogP contribution in [0, 0.1) is 11.6 Å². The molecule has 0 radical (unpaired) electrons. The van der Waals surface area contributed by atoms with E-state index in [0.29, 0.717) is 45.6 Å². The van der Waals surface area contributed by atoms with Crippen molar-refractivity contribution in [3.05, 3.63) is 58.8 Å². The summed E-state index contributed by atoms with van der Waals surface area (Å²) in [5, 5.41) is 2.22. The number of amides is 2. The Kier molecular flexibility index (Phi) is 6.07. The number of carbonyl (C=O) groups excluding carboxylic acids is 2. The van der Waals surface area contributed by atoms with Gasteiger partial charge in [-0.2, -0.15) is 17.0 Å². The standard InChI is InChI=1S/C23H25F2N5O2S/c24-17-5-6-26-21(20(17)25)29-9-7-28(8-10-29)12-14-1-2-15-13-30(23(33)16(15)11-14)18-3-4-19(31)27-22(18)32/h1-2,5-6,11,18,23,33H,3-4,7-10,12-13H2,(H,27,31,32). The number of anilines is 1. The fourth-order valence-corrected chi connectivity index (χ4v) is 5.36. The number of piperazine rings is 1.